The van der Waals surface area contributed by atoms with Gasteiger partial charge in [0.05, 0.1) is 5.69 Å². The number of nitrogens with two attached hydrogens (primary N) is 1. The first kappa shape index (κ1) is 12.4. The molecule has 5 nitrogen and oxygen atoms in total. The van der Waals surface area contributed by atoms with Crippen LogP contribution in [0.3, 0.4) is 0 Å². The molecule has 20 heavy (non-hydrogen) atoms. The van der Waals surface area contributed by atoms with Crippen molar-refractivity contribution in [2.45, 2.75) is 6.54 Å². The van der Waals surface area contributed by atoms with Gasteiger partial charge in [-0.05, 0) is 34.2 Å². The summed E-state index contributed by atoms with van der Waals surface area (Å²) in [7, 11) is 0. The monoisotopic (exact) mass is 269 g/mol. The molecule has 0 radical (unpaired) electrons. The average Bonchev–Trinajstić information content (AvgIpc) is 2.97. The summed E-state index contributed by atoms with van der Waals surface area (Å²) in [6.45, 7) is 0.481. The molecule has 2 N–H and O–H groups in total. The van der Waals surface area contributed by atoms with Crippen LogP contribution < -0.4 is 5.73 Å². The highest BCUT2D eigenvalue weighted by molar-refractivity contribution is 5.57. The lowest BCUT2D eigenvalue weighted by Gasteiger charge is -2.05. The molecule has 0 spiro atoms. The Morgan fingerprint density at radius 2 is 1.90 bits per heavy atom. The highest BCUT2D eigenvalue weighted by atomic mass is 19.1. The van der Waals surface area contributed by atoms with Crippen LogP contribution in [0.25, 0.3) is 17.1 Å². The molecule has 0 amide bonds. The molecule has 100 valence electrons. The van der Waals surface area contributed by atoms with Gasteiger partial charge in [0.15, 0.2) is 5.82 Å². The van der Waals surface area contributed by atoms with Gasteiger partial charge >= 0.3 is 0 Å². The maximum absolute atomic E-state index is 13.3. The Hall–Kier alpha value is -2.60. The number of tetrazole rings is 1. The molecule has 0 unspecified atom stereocenters. The Kier molecular flexibility index (Phi) is 3.22. The molecule has 0 bridgehead atoms. The fourth-order valence-corrected chi connectivity index (χ4v) is 1.94. The van der Waals surface area contributed by atoms with Gasteiger partial charge < -0.3 is 5.73 Å². The lowest BCUT2D eigenvalue weighted by Crippen LogP contribution is -2.01. The summed E-state index contributed by atoms with van der Waals surface area (Å²) in [4.78, 5) is 0. The molecule has 6 heteroatoms. The van der Waals surface area contributed by atoms with Gasteiger partial charge in [-0.15, -0.1) is 5.10 Å². The van der Waals surface area contributed by atoms with Gasteiger partial charge in [0, 0.05) is 12.1 Å². The van der Waals surface area contributed by atoms with Crippen molar-refractivity contribution >= 4 is 0 Å². The summed E-state index contributed by atoms with van der Waals surface area (Å²) in [6.07, 6.45) is 0. The number of nitrogens with zero attached hydrogens (tertiary/aromatic N) is 4. The lowest BCUT2D eigenvalue weighted by atomic mass is 10.1. The summed E-state index contributed by atoms with van der Waals surface area (Å²) in [5.41, 5.74) is 8.02. The van der Waals surface area contributed by atoms with Crippen molar-refractivity contribution in [3.63, 3.8) is 0 Å². The van der Waals surface area contributed by atoms with E-state index in [2.05, 4.69) is 15.5 Å². The number of hydrogen-bond donors (Lipinski definition) is 1. The molecular formula is C14H12FN5. The maximum Gasteiger partial charge on any atom is 0.187 e. The Bertz CT molecular complexity index is 720. The highest BCUT2D eigenvalue weighted by Crippen LogP contribution is 2.20. The molecule has 0 aliphatic rings. The van der Waals surface area contributed by atoms with Crippen LogP contribution in [-0.4, -0.2) is 20.2 Å². The molecule has 3 rings (SSSR count). The lowest BCUT2D eigenvalue weighted by molar-refractivity contribution is 0.625. The fourth-order valence-electron chi connectivity index (χ4n) is 1.94. The van der Waals surface area contributed by atoms with Crippen LogP contribution in [0.2, 0.25) is 0 Å². The third-order valence-corrected chi connectivity index (χ3v) is 2.97. The van der Waals surface area contributed by atoms with E-state index in [0.717, 1.165) is 11.1 Å². The van der Waals surface area contributed by atoms with Gasteiger partial charge in [-0.3, -0.25) is 0 Å². The van der Waals surface area contributed by atoms with Crippen molar-refractivity contribution in [2.24, 2.45) is 5.73 Å². The first-order valence-electron chi connectivity index (χ1n) is 6.11. The topological polar surface area (TPSA) is 69.6 Å². The Morgan fingerprint density at radius 3 is 2.60 bits per heavy atom. The summed E-state index contributed by atoms with van der Waals surface area (Å²) in [5.74, 6) is 0.224. The van der Waals surface area contributed by atoms with Gasteiger partial charge in [-0.2, -0.15) is 4.68 Å². The van der Waals surface area contributed by atoms with Crippen LogP contribution in [0.4, 0.5) is 4.39 Å². The Balaban J connectivity index is 2.05. The summed E-state index contributed by atoms with van der Waals surface area (Å²) < 4.78 is 14.8. The minimum atomic E-state index is -0.331. The molecular weight excluding hydrogens is 257 g/mol. The van der Waals surface area contributed by atoms with Crippen molar-refractivity contribution < 1.29 is 4.39 Å². The van der Waals surface area contributed by atoms with Gasteiger partial charge in [0.25, 0.3) is 0 Å². The van der Waals surface area contributed by atoms with Crippen molar-refractivity contribution in [3.05, 3.63) is 59.9 Å². The van der Waals surface area contributed by atoms with E-state index in [4.69, 9.17) is 5.73 Å². The zero-order valence-corrected chi connectivity index (χ0v) is 10.6. The van der Waals surface area contributed by atoms with E-state index in [-0.39, 0.29) is 5.82 Å². The van der Waals surface area contributed by atoms with Crippen LogP contribution in [0.5, 0.6) is 0 Å². The third-order valence-electron chi connectivity index (χ3n) is 2.97. The molecule has 1 aromatic heterocycles. The summed E-state index contributed by atoms with van der Waals surface area (Å²) in [5, 5.41) is 11.6. The number of aromatic nitrogens is 4. The minimum absolute atomic E-state index is 0.331. The van der Waals surface area contributed by atoms with Crippen LogP contribution in [0.1, 0.15) is 5.56 Å². The zero-order chi connectivity index (χ0) is 13.9. The SMILES string of the molecule is NCc1ccc(-c2nnnn2-c2cccc(F)c2)cc1. The zero-order valence-electron chi connectivity index (χ0n) is 10.6. The average molecular weight is 269 g/mol. The first-order chi connectivity index (χ1) is 9.78. The second kappa shape index (κ2) is 5.18. The van der Waals surface area contributed by atoms with Gasteiger partial charge in [0.1, 0.15) is 5.82 Å². The second-order valence-electron chi connectivity index (χ2n) is 4.30. The van der Waals surface area contributed by atoms with E-state index in [1.165, 1.54) is 16.8 Å². The number of halogens is 1. The number of hydrogen-bond acceptors (Lipinski definition) is 4. The van der Waals surface area contributed by atoms with Crippen molar-refractivity contribution in [1.29, 1.82) is 0 Å². The molecule has 3 aromatic rings. The van der Waals surface area contributed by atoms with Gasteiger partial charge in [0.2, 0.25) is 0 Å². The predicted molar refractivity (Wildman–Crippen MR) is 72.4 cm³/mol. The fraction of sp³-hybridized carbons (Fsp3) is 0.0714. The van der Waals surface area contributed by atoms with Crippen molar-refractivity contribution in [1.82, 2.24) is 20.2 Å². The largest absolute Gasteiger partial charge is 0.326 e. The molecule has 0 fully saturated rings. The predicted octanol–water partition coefficient (Wildman–Crippen LogP) is 1.93. The van der Waals surface area contributed by atoms with Crippen molar-refractivity contribution in [3.8, 4) is 17.1 Å². The van der Waals surface area contributed by atoms with E-state index in [0.29, 0.717) is 18.1 Å². The molecule has 0 atom stereocenters. The Morgan fingerprint density at radius 1 is 1.10 bits per heavy atom. The molecule has 0 aliphatic carbocycles. The van der Waals surface area contributed by atoms with E-state index in [9.17, 15) is 4.39 Å². The van der Waals surface area contributed by atoms with Crippen LogP contribution >= 0.6 is 0 Å². The minimum Gasteiger partial charge on any atom is -0.326 e. The summed E-state index contributed by atoms with van der Waals surface area (Å²) in [6, 6.07) is 13.7. The molecule has 0 aliphatic heterocycles. The Labute approximate surface area is 114 Å². The smallest absolute Gasteiger partial charge is 0.187 e. The molecule has 0 saturated carbocycles. The second-order valence-corrected chi connectivity index (χ2v) is 4.30. The standard InChI is InChI=1S/C14H12FN5/c15-12-2-1-3-13(8-12)20-14(17-18-19-20)11-6-4-10(9-16)5-7-11/h1-8H,9,16H2. The number of benzene rings is 2. The van der Waals surface area contributed by atoms with Gasteiger partial charge in [-0.1, -0.05) is 30.3 Å². The molecule has 0 saturated heterocycles. The molecule has 1 heterocycles. The normalized spacial score (nSPS) is 10.7. The van der Waals surface area contributed by atoms with E-state index < -0.39 is 0 Å². The molecule has 2 aromatic carbocycles. The summed E-state index contributed by atoms with van der Waals surface area (Å²) >= 11 is 0. The first-order valence-corrected chi connectivity index (χ1v) is 6.11. The van der Waals surface area contributed by atoms with E-state index in [1.807, 2.05) is 24.3 Å². The van der Waals surface area contributed by atoms with Crippen LogP contribution in [-0.2, 0) is 6.54 Å². The number of rotatable bonds is 3. The van der Waals surface area contributed by atoms with E-state index >= 15 is 0 Å². The van der Waals surface area contributed by atoms with Crippen LogP contribution in [0.15, 0.2) is 48.5 Å². The maximum atomic E-state index is 13.3. The van der Waals surface area contributed by atoms with E-state index in [1.54, 1.807) is 12.1 Å². The van der Waals surface area contributed by atoms with Crippen molar-refractivity contribution in [2.75, 3.05) is 0 Å². The third kappa shape index (κ3) is 2.28. The quantitative estimate of drug-likeness (QED) is 0.788. The van der Waals surface area contributed by atoms with Crippen LogP contribution in [0, 0.1) is 5.82 Å². The highest BCUT2D eigenvalue weighted by Gasteiger charge is 2.11. The van der Waals surface area contributed by atoms with Gasteiger partial charge in [-0.25, -0.2) is 4.39 Å².